The lowest BCUT2D eigenvalue weighted by Crippen LogP contribution is -2.13. The first-order valence-electron chi connectivity index (χ1n) is 9.43. The predicted octanol–water partition coefficient (Wildman–Crippen LogP) is 4.97. The molecular formula is C23H21ClO6. The van der Waals surface area contributed by atoms with E-state index in [4.69, 9.17) is 25.5 Å². The SMILES string of the molecule is CCc1cc2c(=O)c(-c3ccccc3Cl)c(C)oc2c(COC(C)=O)c1OC(C)=O. The monoisotopic (exact) mass is 428 g/mol. The van der Waals surface area contributed by atoms with Gasteiger partial charge in [0.1, 0.15) is 23.7 Å². The molecule has 0 fully saturated rings. The van der Waals surface area contributed by atoms with E-state index in [-0.39, 0.29) is 23.4 Å². The summed E-state index contributed by atoms with van der Waals surface area (Å²) >= 11 is 6.32. The van der Waals surface area contributed by atoms with Gasteiger partial charge in [-0.2, -0.15) is 0 Å². The molecule has 0 bridgehead atoms. The van der Waals surface area contributed by atoms with E-state index in [1.54, 1.807) is 37.3 Å². The van der Waals surface area contributed by atoms with Gasteiger partial charge in [-0.15, -0.1) is 0 Å². The predicted molar refractivity (Wildman–Crippen MR) is 114 cm³/mol. The third kappa shape index (κ3) is 4.09. The summed E-state index contributed by atoms with van der Waals surface area (Å²) in [6.07, 6.45) is 0.486. The van der Waals surface area contributed by atoms with E-state index in [1.807, 2.05) is 6.92 Å². The molecule has 0 spiro atoms. The molecule has 6 nitrogen and oxygen atoms in total. The van der Waals surface area contributed by atoms with Crippen LogP contribution in [0.2, 0.25) is 5.02 Å². The second kappa shape index (κ2) is 8.71. The van der Waals surface area contributed by atoms with Crippen molar-refractivity contribution in [2.45, 2.75) is 40.7 Å². The normalized spacial score (nSPS) is 10.8. The fraction of sp³-hybridized carbons (Fsp3) is 0.261. The smallest absolute Gasteiger partial charge is 0.308 e. The van der Waals surface area contributed by atoms with E-state index >= 15 is 0 Å². The van der Waals surface area contributed by atoms with Gasteiger partial charge in [-0.25, -0.2) is 0 Å². The molecule has 0 N–H and O–H groups in total. The summed E-state index contributed by atoms with van der Waals surface area (Å²) in [5.74, 6) is -0.444. The third-order valence-electron chi connectivity index (χ3n) is 4.67. The largest absolute Gasteiger partial charge is 0.461 e. The lowest BCUT2D eigenvalue weighted by molar-refractivity contribution is -0.142. The minimum Gasteiger partial charge on any atom is -0.461 e. The molecule has 156 valence electrons. The average molecular weight is 429 g/mol. The number of hydrogen-bond acceptors (Lipinski definition) is 6. The van der Waals surface area contributed by atoms with Crippen LogP contribution < -0.4 is 10.2 Å². The minimum atomic E-state index is -0.528. The standard InChI is InChI=1S/C23H21ClO6/c1-5-15-10-17-21(27)20(16-8-6-7-9-19(16)24)12(2)29-23(17)18(11-28-13(3)25)22(15)30-14(4)26/h6-10H,5,11H2,1-4H3. The van der Waals surface area contributed by atoms with Gasteiger partial charge in [0.25, 0.3) is 0 Å². The molecule has 0 saturated carbocycles. The molecule has 1 heterocycles. The van der Waals surface area contributed by atoms with E-state index < -0.39 is 11.9 Å². The zero-order valence-corrected chi connectivity index (χ0v) is 17.9. The summed E-state index contributed by atoms with van der Waals surface area (Å²) in [5, 5.41) is 0.727. The average Bonchev–Trinajstić information content (AvgIpc) is 2.68. The molecule has 0 saturated heterocycles. The van der Waals surface area contributed by atoms with Crippen LogP contribution in [0, 0.1) is 6.92 Å². The second-order valence-corrected chi connectivity index (χ2v) is 7.20. The fourth-order valence-electron chi connectivity index (χ4n) is 3.36. The molecule has 0 radical (unpaired) electrons. The zero-order valence-electron chi connectivity index (χ0n) is 17.1. The van der Waals surface area contributed by atoms with E-state index in [2.05, 4.69) is 0 Å². The first-order valence-corrected chi connectivity index (χ1v) is 9.81. The van der Waals surface area contributed by atoms with E-state index in [0.717, 1.165) is 0 Å². The molecule has 30 heavy (non-hydrogen) atoms. The Hall–Kier alpha value is -3.12. The van der Waals surface area contributed by atoms with Crippen LogP contribution in [0.25, 0.3) is 22.1 Å². The lowest BCUT2D eigenvalue weighted by atomic mass is 9.98. The Morgan fingerprint density at radius 1 is 1.13 bits per heavy atom. The Balaban J connectivity index is 2.40. The number of halogens is 1. The molecule has 0 atom stereocenters. The van der Waals surface area contributed by atoms with E-state index in [0.29, 0.717) is 44.8 Å². The summed E-state index contributed by atoms with van der Waals surface area (Å²) < 4.78 is 16.6. The molecule has 2 aromatic carbocycles. The van der Waals surface area contributed by atoms with Gasteiger partial charge in [-0.05, 0) is 31.0 Å². The maximum Gasteiger partial charge on any atom is 0.308 e. The van der Waals surface area contributed by atoms with Gasteiger partial charge < -0.3 is 13.9 Å². The number of esters is 2. The van der Waals surface area contributed by atoms with Crippen LogP contribution in [0.3, 0.4) is 0 Å². The second-order valence-electron chi connectivity index (χ2n) is 6.79. The van der Waals surface area contributed by atoms with Gasteiger partial charge in [-0.1, -0.05) is 36.7 Å². The number of ether oxygens (including phenoxy) is 2. The Kier molecular flexibility index (Phi) is 6.27. The summed E-state index contributed by atoms with van der Waals surface area (Å²) in [6.45, 7) is 5.88. The highest BCUT2D eigenvalue weighted by molar-refractivity contribution is 6.33. The Bertz CT molecular complexity index is 1210. The van der Waals surface area contributed by atoms with Crippen molar-refractivity contribution >= 4 is 34.5 Å². The van der Waals surface area contributed by atoms with Gasteiger partial charge in [-0.3, -0.25) is 14.4 Å². The third-order valence-corrected chi connectivity index (χ3v) is 5.00. The van der Waals surface area contributed by atoms with Crippen molar-refractivity contribution in [2.75, 3.05) is 0 Å². The molecule has 7 heteroatoms. The summed E-state index contributed by atoms with van der Waals surface area (Å²) in [6, 6.07) is 8.67. The van der Waals surface area contributed by atoms with Gasteiger partial charge in [0.15, 0.2) is 0 Å². The maximum absolute atomic E-state index is 13.5. The summed E-state index contributed by atoms with van der Waals surface area (Å²) in [7, 11) is 0. The molecule has 1 aromatic heterocycles. The van der Waals surface area contributed by atoms with Crippen molar-refractivity contribution in [3.05, 3.63) is 62.5 Å². The van der Waals surface area contributed by atoms with Crippen molar-refractivity contribution in [3.8, 4) is 16.9 Å². The first-order chi connectivity index (χ1) is 14.2. The Morgan fingerprint density at radius 2 is 1.83 bits per heavy atom. The van der Waals surface area contributed by atoms with E-state index in [9.17, 15) is 14.4 Å². The topological polar surface area (TPSA) is 82.8 Å². The van der Waals surface area contributed by atoms with Crippen LogP contribution >= 0.6 is 11.6 Å². The van der Waals surface area contributed by atoms with Crippen molar-refractivity contribution in [1.29, 1.82) is 0 Å². The fourth-order valence-corrected chi connectivity index (χ4v) is 3.59. The van der Waals surface area contributed by atoms with Gasteiger partial charge >= 0.3 is 11.9 Å². The molecule has 0 amide bonds. The summed E-state index contributed by atoms with van der Waals surface area (Å²) in [5.41, 5.74) is 1.82. The molecule has 0 aliphatic heterocycles. The molecule has 3 aromatic rings. The molecule has 0 aliphatic carbocycles. The molecular weight excluding hydrogens is 408 g/mol. The molecule has 0 aliphatic rings. The van der Waals surface area contributed by atoms with Crippen LogP contribution in [-0.4, -0.2) is 11.9 Å². The van der Waals surface area contributed by atoms with Crippen molar-refractivity contribution in [3.63, 3.8) is 0 Å². The van der Waals surface area contributed by atoms with E-state index in [1.165, 1.54) is 13.8 Å². The Labute approximate surface area is 178 Å². The molecule has 3 rings (SSSR count). The number of hydrogen-bond donors (Lipinski definition) is 0. The number of carbonyl (C=O) groups is 2. The number of carbonyl (C=O) groups excluding carboxylic acids is 2. The highest BCUT2D eigenvalue weighted by atomic mass is 35.5. The number of fused-ring (bicyclic) bond motifs is 1. The van der Waals surface area contributed by atoms with Crippen molar-refractivity contribution in [2.24, 2.45) is 0 Å². The number of benzene rings is 2. The van der Waals surface area contributed by atoms with Crippen LogP contribution in [0.5, 0.6) is 5.75 Å². The maximum atomic E-state index is 13.5. The Morgan fingerprint density at radius 3 is 2.43 bits per heavy atom. The lowest BCUT2D eigenvalue weighted by Gasteiger charge is -2.17. The minimum absolute atomic E-state index is 0.198. The zero-order chi connectivity index (χ0) is 22.0. The van der Waals surface area contributed by atoms with Crippen LogP contribution in [0.4, 0.5) is 0 Å². The van der Waals surface area contributed by atoms with Gasteiger partial charge in [0.05, 0.1) is 16.5 Å². The number of aryl methyl sites for hydroxylation is 2. The molecule has 0 unspecified atom stereocenters. The van der Waals surface area contributed by atoms with Gasteiger partial charge in [0.2, 0.25) is 5.43 Å². The highest BCUT2D eigenvalue weighted by Crippen LogP contribution is 2.36. The first kappa shape index (κ1) is 21.6. The van der Waals surface area contributed by atoms with Crippen LogP contribution in [0.1, 0.15) is 37.7 Å². The van der Waals surface area contributed by atoms with Crippen LogP contribution in [0.15, 0.2) is 39.5 Å². The number of rotatable bonds is 5. The summed E-state index contributed by atoms with van der Waals surface area (Å²) in [4.78, 5) is 36.6. The van der Waals surface area contributed by atoms with Crippen molar-refractivity contribution < 1.29 is 23.5 Å². The van der Waals surface area contributed by atoms with Gasteiger partial charge in [0, 0.05) is 24.4 Å². The highest BCUT2D eigenvalue weighted by Gasteiger charge is 2.23. The quantitative estimate of drug-likeness (QED) is 0.421. The van der Waals surface area contributed by atoms with Crippen molar-refractivity contribution in [1.82, 2.24) is 0 Å². The van der Waals surface area contributed by atoms with Crippen LogP contribution in [-0.2, 0) is 27.4 Å².